The van der Waals surface area contributed by atoms with E-state index in [1.54, 1.807) is 43.3 Å². The number of aryl methyl sites for hydroxylation is 1. The van der Waals surface area contributed by atoms with Crippen molar-refractivity contribution in [1.29, 1.82) is 0 Å². The molecule has 0 atom stereocenters. The van der Waals surface area contributed by atoms with Crippen LogP contribution in [-0.2, 0) is 4.74 Å². The normalized spacial score (nSPS) is 10.3. The zero-order chi connectivity index (χ0) is 18.2. The SMILES string of the molecule is CCOCCOc1ccccc1C(=O)Nc1ccc(C)c(C(=O)O)c1. The number of hydrogen-bond acceptors (Lipinski definition) is 4. The molecule has 0 spiro atoms. The third-order valence-corrected chi connectivity index (χ3v) is 3.55. The molecule has 0 aliphatic rings. The number of ether oxygens (including phenoxy) is 2. The number of benzene rings is 2. The van der Waals surface area contributed by atoms with Gasteiger partial charge >= 0.3 is 5.97 Å². The average molecular weight is 343 g/mol. The molecule has 0 saturated carbocycles. The second kappa shape index (κ2) is 8.84. The maximum atomic E-state index is 12.5. The maximum Gasteiger partial charge on any atom is 0.336 e. The van der Waals surface area contributed by atoms with E-state index >= 15 is 0 Å². The molecule has 0 radical (unpaired) electrons. The average Bonchev–Trinajstić information content (AvgIpc) is 2.60. The lowest BCUT2D eigenvalue weighted by molar-refractivity contribution is 0.0695. The van der Waals surface area contributed by atoms with Crippen molar-refractivity contribution in [2.45, 2.75) is 13.8 Å². The molecule has 0 fully saturated rings. The molecule has 6 nitrogen and oxygen atoms in total. The van der Waals surface area contributed by atoms with Gasteiger partial charge in [-0.1, -0.05) is 18.2 Å². The molecule has 0 unspecified atom stereocenters. The highest BCUT2D eigenvalue weighted by atomic mass is 16.5. The summed E-state index contributed by atoms with van der Waals surface area (Å²) in [6.45, 7) is 4.98. The van der Waals surface area contributed by atoms with Crippen molar-refractivity contribution in [2.75, 3.05) is 25.1 Å². The molecule has 2 N–H and O–H groups in total. The first kappa shape index (κ1) is 18.5. The molecule has 0 aliphatic carbocycles. The van der Waals surface area contributed by atoms with Gasteiger partial charge in [-0.3, -0.25) is 4.79 Å². The van der Waals surface area contributed by atoms with Gasteiger partial charge in [-0.15, -0.1) is 0 Å². The van der Waals surface area contributed by atoms with Crippen molar-refractivity contribution in [3.05, 3.63) is 59.2 Å². The number of para-hydroxylation sites is 1. The van der Waals surface area contributed by atoms with Crippen LogP contribution < -0.4 is 10.1 Å². The Hall–Kier alpha value is -2.86. The second-order valence-corrected chi connectivity index (χ2v) is 5.33. The minimum atomic E-state index is -1.03. The Labute approximate surface area is 146 Å². The summed E-state index contributed by atoms with van der Waals surface area (Å²) < 4.78 is 10.8. The van der Waals surface area contributed by atoms with E-state index in [1.165, 1.54) is 6.07 Å². The molecular weight excluding hydrogens is 322 g/mol. The van der Waals surface area contributed by atoms with Gasteiger partial charge in [0.15, 0.2) is 0 Å². The summed E-state index contributed by atoms with van der Waals surface area (Å²) in [7, 11) is 0. The van der Waals surface area contributed by atoms with Crippen molar-refractivity contribution in [1.82, 2.24) is 0 Å². The van der Waals surface area contributed by atoms with Crippen LogP contribution in [0.5, 0.6) is 5.75 Å². The maximum absolute atomic E-state index is 12.5. The van der Waals surface area contributed by atoms with E-state index < -0.39 is 5.97 Å². The van der Waals surface area contributed by atoms with Crippen molar-refractivity contribution < 1.29 is 24.2 Å². The molecule has 0 saturated heterocycles. The van der Waals surface area contributed by atoms with Crippen molar-refractivity contribution in [3.63, 3.8) is 0 Å². The van der Waals surface area contributed by atoms with Crippen LogP contribution >= 0.6 is 0 Å². The van der Waals surface area contributed by atoms with Crippen molar-refractivity contribution in [2.24, 2.45) is 0 Å². The Morgan fingerprint density at radius 2 is 1.84 bits per heavy atom. The number of amides is 1. The van der Waals surface area contributed by atoms with E-state index in [4.69, 9.17) is 9.47 Å². The van der Waals surface area contributed by atoms with Crippen LogP contribution in [0.3, 0.4) is 0 Å². The van der Waals surface area contributed by atoms with Crippen LogP contribution in [0.25, 0.3) is 0 Å². The van der Waals surface area contributed by atoms with Gasteiger partial charge in [0.1, 0.15) is 12.4 Å². The second-order valence-electron chi connectivity index (χ2n) is 5.33. The minimum absolute atomic E-state index is 0.152. The number of hydrogen-bond donors (Lipinski definition) is 2. The monoisotopic (exact) mass is 343 g/mol. The van der Waals surface area contributed by atoms with E-state index in [1.807, 2.05) is 6.92 Å². The van der Waals surface area contributed by atoms with Gasteiger partial charge in [0.05, 0.1) is 17.7 Å². The number of carboxylic acids is 1. The standard InChI is InChI=1S/C19H21NO5/c1-3-24-10-11-25-17-7-5-4-6-15(17)18(21)20-14-9-8-13(2)16(12-14)19(22)23/h4-9,12H,3,10-11H2,1-2H3,(H,20,21)(H,22,23). The molecule has 2 rings (SSSR count). The molecule has 0 aromatic heterocycles. The fourth-order valence-electron chi connectivity index (χ4n) is 2.26. The Balaban J connectivity index is 2.13. The summed E-state index contributed by atoms with van der Waals surface area (Å²) in [6.07, 6.45) is 0. The van der Waals surface area contributed by atoms with Crippen LogP contribution in [0.2, 0.25) is 0 Å². The van der Waals surface area contributed by atoms with E-state index in [-0.39, 0.29) is 11.5 Å². The molecule has 2 aromatic carbocycles. The van der Waals surface area contributed by atoms with E-state index in [0.717, 1.165) is 0 Å². The van der Waals surface area contributed by atoms with Crippen LogP contribution in [-0.4, -0.2) is 36.8 Å². The van der Waals surface area contributed by atoms with Gasteiger partial charge in [-0.05, 0) is 43.7 Å². The lowest BCUT2D eigenvalue weighted by Gasteiger charge is -2.12. The number of carbonyl (C=O) groups excluding carboxylic acids is 1. The molecule has 0 heterocycles. The van der Waals surface area contributed by atoms with Gasteiger partial charge in [0, 0.05) is 12.3 Å². The van der Waals surface area contributed by atoms with E-state index in [9.17, 15) is 14.7 Å². The quantitative estimate of drug-likeness (QED) is 0.718. The fraction of sp³-hybridized carbons (Fsp3) is 0.263. The summed E-state index contributed by atoms with van der Waals surface area (Å²) in [5, 5.41) is 11.9. The molecule has 0 bridgehead atoms. The van der Waals surface area contributed by atoms with E-state index in [2.05, 4.69) is 5.32 Å². The molecule has 132 valence electrons. The Morgan fingerprint density at radius 3 is 2.56 bits per heavy atom. The first-order valence-corrected chi connectivity index (χ1v) is 7.97. The van der Waals surface area contributed by atoms with Crippen molar-refractivity contribution in [3.8, 4) is 5.75 Å². The van der Waals surface area contributed by atoms with Gasteiger partial charge in [-0.2, -0.15) is 0 Å². The van der Waals surface area contributed by atoms with Crippen LogP contribution in [0.4, 0.5) is 5.69 Å². The lowest BCUT2D eigenvalue weighted by atomic mass is 10.1. The number of nitrogens with one attached hydrogen (secondary N) is 1. The molecule has 6 heteroatoms. The topological polar surface area (TPSA) is 84.9 Å². The first-order valence-electron chi connectivity index (χ1n) is 7.97. The van der Waals surface area contributed by atoms with Gasteiger partial charge < -0.3 is 19.9 Å². The summed E-state index contributed by atoms with van der Waals surface area (Å²) in [4.78, 5) is 23.7. The summed E-state index contributed by atoms with van der Waals surface area (Å²) in [5.74, 6) is -0.953. The van der Waals surface area contributed by atoms with E-state index in [0.29, 0.717) is 42.4 Å². The minimum Gasteiger partial charge on any atom is -0.490 e. The zero-order valence-electron chi connectivity index (χ0n) is 14.2. The molecule has 2 aromatic rings. The molecular formula is C19H21NO5. The van der Waals surface area contributed by atoms with Gasteiger partial charge in [0.2, 0.25) is 0 Å². The van der Waals surface area contributed by atoms with Crippen LogP contribution in [0.15, 0.2) is 42.5 Å². The van der Waals surface area contributed by atoms with Crippen LogP contribution in [0, 0.1) is 6.92 Å². The fourth-order valence-corrected chi connectivity index (χ4v) is 2.26. The molecule has 0 aliphatic heterocycles. The Kier molecular flexibility index (Phi) is 6.54. The third kappa shape index (κ3) is 5.06. The van der Waals surface area contributed by atoms with Crippen LogP contribution in [0.1, 0.15) is 33.2 Å². The number of carboxylic acid groups (broad SMARTS) is 1. The number of aromatic carboxylic acids is 1. The number of carbonyl (C=O) groups is 2. The highest BCUT2D eigenvalue weighted by Crippen LogP contribution is 2.21. The smallest absolute Gasteiger partial charge is 0.336 e. The molecule has 1 amide bonds. The summed E-state index contributed by atoms with van der Waals surface area (Å²) in [6, 6.07) is 11.6. The largest absolute Gasteiger partial charge is 0.490 e. The van der Waals surface area contributed by atoms with Gasteiger partial charge in [-0.25, -0.2) is 4.79 Å². The highest BCUT2D eigenvalue weighted by molar-refractivity contribution is 6.06. The third-order valence-electron chi connectivity index (χ3n) is 3.55. The highest BCUT2D eigenvalue weighted by Gasteiger charge is 2.14. The first-order chi connectivity index (χ1) is 12.0. The number of anilines is 1. The predicted octanol–water partition coefficient (Wildman–Crippen LogP) is 3.36. The summed E-state index contributed by atoms with van der Waals surface area (Å²) in [5.41, 5.74) is 1.57. The zero-order valence-corrected chi connectivity index (χ0v) is 14.2. The lowest BCUT2D eigenvalue weighted by Crippen LogP contribution is -2.15. The summed E-state index contributed by atoms with van der Waals surface area (Å²) >= 11 is 0. The predicted molar refractivity (Wildman–Crippen MR) is 94.5 cm³/mol. The van der Waals surface area contributed by atoms with Crippen molar-refractivity contribution >= 4 is 17.6 Å². The van der Waals surface area contributed by atoms with Gasteiger partial charge in [0.25, 0.3) is 5.91 Å². The molecule has 25 heavy (non-hydrogen) atoms. The number of rotatable bonds is 8. The Morgan fingerprint density at radius 1 is 1.08 bits per heavy atom. The Bertz CT molecular complexity index is 757.